The van der Waals surface area contributed by atoms with Crippen molar-refractivity contribution in [2.24, 2.45) is 0 Å². The quantitative estimate of drug-likeness (QED) is 0.435. The number of aromatic nitrogens is 3. The van der Waals surface area contributed by atoms with E-state index in [2.05, 4.69) is 31.4 Å². The van der Waals surface area contributed by atoms with Crippen molar-refractivity contribution in [3.05, 3.63) is 63.4 Å². The van der Waals surface area contributed by atoms with Gasteiger partial charge in [-0.3, -0.25) is 4.79 Å². The fourth-order valence-corrected chi connectivity index (χ4v) is 4.39. The number of carbonyl (C=O) groups is 1. The van der Waals surface area contributed by atoms with Crippen molar-refractivity contribution in [1.29, 1.82) is 0 Å². The number of anilines is 1. The number of ether oxygens (including phenoxy) is 1. The number of nitrogens with one attached hydrogen (secondary N) is 1. The molecule has 0 saturated heterocycles. The number of para-hydroxylation sites is 1. The van der Waals surface area contributed by atoms with Gasteiger partial charge in [-0.15, -0.1) is 10.2 Å². The van der Waals surface area contributed by atoms with Gasteiger partial charge in [0, 0.05) is 16.7 Å². The van der Waals surface area contributed by atoms with E-state index >= 15 is 0 Å². The molecule has 0 aliphatic rings. The van der Waals surface area contributed by atoms with Crippen LogP contribution in [0.3, 0.4) is 0 Å². The summed E-state index contributed by atoms with van der Waals surface area (Å²) in [5, 5.41) is 12.2. The van der Waals surface area contributed by atoms with Gasteiger partial charge >= 0.3 is 0 Å². The molecule has 0 aliphatic carbocycles. The maximum absolute atomic E-state index is 12.4. The molecular weight excluding hydrogens is 464 g/mol. The van der Waals surface area contributed by atoms with Crippen molar-refractivity contribution < 1.29 is 9.53 Å². The van der Waals surface area contributed by atoms with E-state index < -0.39 is 0 Å². The largest absolute Gasteiger partial charge is 0.485 e. The number of hydrogen-bond donors (Lipinski definition) is 1. The van der Waals surface area contributed by atoms with Crippen LogP contribution in [0.1, 0.15) is 29.4 Å². The summed E-state index contributed by atoms with van der Waals surface area (Å²) in [7, 11) is 0. The van der Waals surface area contributed by atoms with Gasteiger partial charge in [-0.2, -0.15) is 0 Å². The van der Waals surface area contributed by atoms with Crippen LogP contribution in [0.4, 0.5) is 5.69 Å². The van der Waals surface area contributed by atoms with Gasteiger partial charge in [0.05, 0.1) is 5.75 Å². The van der Waals surface area contributed by atoms with Crippen LogP contribution in [0.25, 0.3) is 0 Å². The summed E-state index contributed by atoms with van der Waals surface area (Å²) in [5.74, 6) is 1.80. The van der Waals surface area contributed by atoms with Crippen LogP contribution in [0, 0.1) is 20.8 Å². The van der Waals surface area contributed by atoms with E-state index in [0.717, 1.165) is 38.4 Å². The van der Waals surface area contributed by atoms with Gasteiger partial charge in [-0.1, -0.05) is 45.9 Å². The Morgan fingerprint density at radius 3 is 2.53 bits per heavy atom. The third kappa shape index (κ3) is 5.43. The molecule has 158 valence electrons. The standard InChI is InChI=1S/C22H25BrN4O2S/c1-5-27-19(12-29-21-14(2)7-6-8-15(21)3)25-26-22(27)30-13-20(28)24-18-10-9-17(23)11-16(18)4/h6-11H,5,12-13H2,1-4H3,(H,24,28). The monoisotopic (exact) mass is 488 g/mol. The molecule has 0 bridgehead atoms. The van der Waals surface area contributed by atoms with Crippen molar-refractivity contribution in [2.75, 3.05) is 11.1 Å². The SMILES string of the molecule is CCn1c(COc2c(C)cccc2C)nnc1SCC(=O)Nc1ccc(Br)cc1C. The molecule has 0 spiro atoms. The lowest BCUT2D eigenvalue weighted by Crippen LogP contribution is -2.15. The molecule has 0 saturated carbocycles. The van der Waals surface area contributed by atoms with Gasteiger partial charge in [-0.05, 0) is 62.6 Å². The molecule has 3 aromatic rings. The molecule has 0 radical (unpaired) electrons. The second kappa shape index (κ2) is 10.1. The number of hydrogen-bond acceptors (Lipinski definition) is 5. The first-order chi connectivity index (χ1) is 14.4. The van der Waals surface area contributed by atoms with Gasteiger partial charge in [0.25, 0.3) is 0 Å². The summed E-state index contributed by atoms with van der Waals surface area (Å²) >= 11 is 4.80. The van der Waals surface area contributed by atoms with E-state index in [1.54, 1.807) is 0 Å². The molecule has 1 aromatic heterocycles. The third-order valence-electron chi connectivity index (χ3n) is 4.66. The summed E-state index contributed by atoms with van der Waals surface area (Å²) in [6, 6.07) is 11.8. The number of aryl methyl sites for hydroxylation is 3. The van der Waals surface area contributed by atoms with Crippen LogP contribution in [-0.2, 0) is 17.9 Å². The van der Waals surface area contributed by atoms with E-state index in [1.807, 2.05) is 68.7 Å². The number of thioether (sulfide) groups is 1. The van der Waals surface area contributed by atoms with Crippen molar-refractivity contribution in [1.82, 2.24) is 14.8 Å². The van der Waals surface area contributed by atoms with Gasteiger partial charge in [-0.25, -0.2) is 0 Å². The molecule has 0 fully saturated rings. The molecule has 2 aromatic carbocycles. The second-order valence-electron chi connectivity index (χ2n) is 6.95. The molecule has 30 heavy (non-hydrogen) atoms. The first-order valence-corrected chi connectivity index (χ1v) is 11.5. The number of nitrogens with zero attached hydrogens (tertiary/aromatic N) is 3. The Balaban J connectivity index is 1.62. The predicted molar refractivity (Wildman–Crippen MR) is 124 cm³/mol. The molecule has 0 atom stereocenters. The number of halogens is 1. The summed E-state index contributed by atoms with van der Waals surface area (Å²) in [6.45, 7) is 9.08. The van der Waals surface area contributed by atoms with E-state index in [9.17, 15) is 4.79 Å². The average molecular weight is 489 g/mol. The highest BCUT2D eigenvalue weighted by Gasteiger charge is 2.15. The van der Waals surface area contributed by atoms with Crippen LogP contribution in [0.2, 0.25) is 0 Å². The summed E-state index contributed by atoms with van der Waals surface area (Å²) in [6.07, 6.45) is 0. The first kappa shape index (κ1) is 22.4. The Kier molecular flexibility index (Phi) is 7.55. The predicted octanol–water partition coefficient (Wildman–Crippen LogP) is 5.30. The maximum Gasteiger partial charge on any atom is 0.234 e. The molecule has 1 heterocycles. The summed E-state index contributed by atoms with van der Waals surface area (Å²) in [4.78, 5) is 12.4. The fourth-order valence-electron chi connectivity index (χ4n) is 3.10. The van der Waals surface area contributed by atoms with Gasteiger partial charge in [0.1, 0.15) is 12.4 Å². The highest BCUT2D eigenvalue weighted by Crippen LogP contribution is 2.25. The van der Waals surface area contributed by atoms with Gasteiger partial charge in [0.2, 0.25) is 5.91 Å². The lowest BCUT2D eigenvalue weighted by Gasteiger charge is -2.12. The minimum absolute atomic E-state index is 0.0792. The molecule has 3 rings (SSSR count). The van der Waals surface area contributed by atoms with Gasteiger partial charge in [0.15, 0.2) is 11.0 Å². The minimum Gasteiger partial charge on any atom is -0.485 e. The zero-order valence-electron chi connectivity index (χ0n) is 17.5. The smallest absolute Gasteiger partial charge is 0.234 e. The lowest BCUT2D eigenvalue weighted by atomic mass is 10.1. The highest BCUT2D eigenvalue weighted by atomic mass is 79.9. The van der Waals surface area contributed by atoms with Crippen LogP contribution < -0.4 is 10.1 Å². The van der Waals surface area contributed by atoms with Crippen molar-refractivity contribution in [3.63, 3.8) is 0 Å². The van der Waals surface area contributed by atoms with Crippen LogP contribution in [0.5, 0.6) is 5.75 Å². The highest BCUT2D eigenvalue weighted by molar-refractivity contribution is 9.10. The number of carbonyl (C=O) groups excluding carboxylic acids is 1. The maximum atomic E-state index is 12.4. The lowest BCUT2D eigenvalue weighted by molar-refractivity contribution is -0.113. The Morgan fingerprint density at radius 2 is 1.87 bits per heavy atom. The normalized spacial score (nSPS) is 10.8. The molecular formula is C22H25BrN4O2S. The Hall–Kier alpha value is -2.32. The molecule has 1 N–H and O–H groups in total. The third-order valence-corrected chi connectivity index (χ3v) is 6.12. The topological polar surface area (TPSA) is 69.0 Å². The number of benzene rings is 2. The van der Waals surface area contributed by atoms with E-state index in [1.165, 1.54) is 11.8 Å². The Labute approximate surface area is 189 Å². The number of rotatable bonds is 8. The van der Waals surface area contributed by atoms with E-state index in [0.29, 0.717) is 18.3 Å². The molecule has 6 nitrogen and oxygen atoms in total. The molecule has 1 amide bonds. The fraction of sp³-hybridized carbons (Fsp3) is 0.318. The van der Waals surface area contributed by atoms with E-state index in [-0.39, 0.29) is 11.7 Å². The van der Waals surface area contributed by atoms with Crippen LogP contribution >= 0.6 is 27.7 Å². The van der Waals surface area contributed by atoms with Crippen LogP contribution in [-0.4, -0.2) is 26.4 Å². The Morgan fingerprint density at radius 1 is 1.13 bits per heavy atom. The zero-order valence-corrected chi connectivity index (χ0v) is 19.9. The Bertz CT molecular complexity index is 1030. The van der Waals surface area contributed by atoms with E-state index in [4.69, 9.17) is 4.74 Å². The summed E-state index contributed by atoms with van der Waals surface area (Å²) < 4.78 is 8.99. The molecule has 8 heteroatoms. The van der Waals surface area contributed by atoms with Crippen molar-refractivity contribution in [2.45, 2.75) is 46.0 Å². The second-order valence-corrected chi connectivity index (χ2v) is 8.81. The van der Waals surface area contributed by atoms with Crippen LogP contribution in [0.15, 0.2) is 46.0 Å². The van der Waals surface area contributed by atoms with Gasteiger partial charge < -0.3 is 14.6 Å². The zero-order chi connectivity index (χ0) is 21.7. The summed E-state index contributed by atoms with van der Waals surface area (Å²) in [5.41, 5.74) is 3.99. The van der Waals surface area contributed by atoms with Crippen molar-refractivity contribution in [3.8, 4) is 5.75 Å². The number of amides is 1. The first-order valence-electron chi connectivity index (χ1n) is 9.69. The van der Waals surface area contributed by atoms with Crippen molar-refractivity contribution >= 4 is 39.3 Å². The molecule has 0 unspecified atom stereocenters. The average Bonchev–Trinajstić information content (AvgIpc) is 3.10. The molecule has 0 aliphatic heterocycles. The minimum atomic E-state index is -0.0792.